The van der Waals surface area contributed by atoms with Crippen molar-refractivity contribution in [2.45, 2.75) is 0 Å². The number of aromatic nitrogens is 8. The fraction of sp³-hybridized carbons (Fsp3) is 0.0909. The molecule has 9 rings (SSSR count). The zero-order valence-electron chi connectivity index (χ0n) is 29.8. The second kappa shape index (κ2) is 13.7. The maximum Gasteiger partial charge on any atom is 2.00 e. The van der Waals surface area contributed by atoms with Gasteiger partial charge in [0.2, 0.25) is 0 Å². The van der Waals surface area contributed by atoms with Crippen molar-refractivity contribution >= 4 is 46.4 Å². The van der Waals surface area contributed by atoms with Crippen molar-refractivity contribution < 1.29 is 35.3 Å². The Kier molecular flexibility index (Phi) is 8.74. The third-order valence-corrected chi connectivity index (χ3v) is 9.52. The summed E-state index contributed by atoms with van der Waals surface area (Å²) >= 11 is 0. The summed E-state index contributed by atoms with van der Waals surface area (Å²) in [4.78, 5) is 21.5. The van der Waals surface area contributed by atoms with Crippen LogP contribution in [0, 0.1) is 0 Å². The Morgan fingerprint density at radius 3 is 0.849 bits per heavy atom. The van der Waals surface area contributed by atoms with Crippen LogP contribution in [0.4, 0.5) is 0 Å². The summed E-state index contributed by atoms with van der Waals surface area (Å²) in [6.45, 7) is 0. The molecule has 0 spiro atoms. The Hall–Kier alpha value is -6.28. The Bertz CT molecular complexity index is 2440. The van der Waals surface area contributed by atoms with E-state index in [1.54, 1.807) is 0 Å². The number of aryl methyl sites for hydroxylation is 4. The molecule has 7 aromatic rings. The van der Waals surface area contributed by atoms with E-state index in [9.17, 15) is 0 Å². The van der Waals surface area contributed by atoms with Crippen molar-refractivity contribution in [3.63, 3.8) is 0 Å². The molecule has 0 N–H and O–H groups in total. The van der Waals surface area contributed by atoms with Crippen LogP contribution in [0.1, 0.15) is 22.8 Å². The number of nitrogens with zero attached hydrogens (tertiary/aromatic N) is 8. The molecule has 0 aromatic carbocycles. The van der Waals surface area contributed by atoms with Gasteiger partial charge < -0.3 is 9.97 Å². The molecule has 53 heavy (non-hydrogen) atoms. The van der Waals surface area contributed by atoms with Crippen LogP contribution in [0.5, 0.6) is 0 Å². The van der Waals surface area contributed by atoms with Crippen molar-refractivity contribution in [3.8, 4) is 44.5 Å². The summed E-state index contributed by atoms with van der Waals surface area (Å²) in [6.07, 6.45) is 25.0. The van der Waals surface area contributed by atoms with Gasteiger partial charge in [0, 0.05) is 46.5 Å². The zero-order chi connectivity index (χ0) is 35.3. The molecule has 2 aliphatic rings. The average molecular weight is 732 g/mol. The van der Waals surface area contributed by atoms with Crippen LogP contribution in [0.15, 0.2) is 122 Å². The third-order valence-electron chi connectivity index (χ3n) is 9.52. The van der Waals surface area contributed by atoms with Gasteiger partial charge in [-0.1, -0.05) is 24.3 Å². The molecule has 255 valence electrons. The van der Waals surface area contributed by atoms with Gasteiger partial charge in [0.05, 0.1) is 22.8 Å². The molecule has 0 unspecified atom stereocenters. The number of hydrogen-bond donors (Lipinski definition) is 0. The summed E-state index contributed by atoms with van der Waals surface area (Å²) in [5, 5.41) is 0. The molecule has 9 heterocycles. The number of pyridine rings is 4. The number of hydrogen-bond acceptors (Lipinski definition) is 2. The van der Waals surface area contributed by atoms with Gasteiger partial charge in [-0.05, 0) is 70.8 Å². The molecule has 0 saturated heterocycles. The van der Waals surface area contributed by atoms with Gasteiger partial charge in [-0.25, -0.2) is 28.2 Å². The monoisotopic (exact) mass is 731 g/mol. The molecule has 1 radical (unpaired) electrons. The molecule has 0 saturated carbocycles. The standard InChI is InChI=1S/C44H36N8.Mn/c1-49-21-5-9-29(25-49)41-33-13-15-35(45-33)42(30-10-6-22-50(2)26-30)37-17-19-39(47-37)44(32-12-8-24-52(4)28-32)40-20-18-38(48-40)43(36-16-14-34(41)46-36)31-11-7-23-51(3)27-31;/h5-28H,1-4H3;/q2*+2. The second-order valence-electron chi connectivity index (χ2n) is 13.4. The van der Waals surface area contributed by atoms with E-state index < -0.39 is 0 Å². The smallest absolute Gasteiger partial charge is 0.657 e. The van der Waals surface area contributed by atoms with Gasteiger partial charge in [-0.2, -0.15) is 0 Å². The van der Waals surface area contributed by atoms with Crippen molar-refractivity contribution in [1.82, 2.24) is 19.9 Å². The maximum atomic E-state index is 5.37. The van der Waals surface area contributed by atoms with E-state index in [1.165, 1.54) is 0 Å². The van der Waals surface area contributed by atoms with E-state index in [1.807, 2.05) is 53.0 Å². The molecule has 8 bridgehead atoms. The fourth-order valence-corrected chi connectivity index (χ4v) is 7.21. The zero-order valence-corrected chi connectivity index (χ0v) is 31.0. The summed E-state index contributed by atoms with van der Waals surface area (Å²) in [7, 11) is 8.14. The third kappa shape index (κ3) is 6.31. The summed E-state index contributed by atoms with van der Waals surface area (Å²) < 4.78 is 8.24. The van der Waals surface area contributed by atoms with Crippen LogP contribution in [0.25, 0.3) is 90.9 Å². The van der Waals surface area contributed by atoms with Crippen LogP contribution in [0.3, 0.4) is 0 Å². The maximum absolute atomic E-state index is 5.37. The minimum atomic E-state index is 0. The SMILES string of the molecule is C[n+]1cccc(-c2c3nc(c(-c4ccc[n+](C)c4)c4ccc([n-]4)c(-c4ccc[n+](C)c4)c4nc(c(-c5ccc[n+](C)c5)c5ccc2[n-]5)C=C4)C=C3)c1.[Mn+2]. The first kappa shape index (κ1) is 33.8. The van der Waals surface area contributed by atoms with Gasteiger partial charge in [-0.15, -0.1) is 22.1 Å². The van der Waals surface area contributed by atoms with Gasteiger partial charge >= 0.3 is 17.1 Å². The van der Waals surface area contributed by atoms with Crippen LogP contribution in [-0.4, -0.2) is 9.97 Å². The summed E-state index contributed by atoms with van der Waals surface area (Å²) in [5.41, 5.74) is 14.7. The molecule has 2 aliphatic heterocycles. The quantitative estimate of drug-likeness (QED) is 0.168. The van der Waals surface area contributed by atoms with Crippen LogP contribution >= 0.6 is 0 Å². The van der Waals surface area contributed by atoms with Crippen molar-refractivity contribution in [3.05, 3.63) is 145 Å². The molecular weight excluding hydrogens is 695 g/mol. The van der Waals surface area contributed by atoms with E-state index >= 15 is 0 Å². The second-order valence-corrected chi connectivity index (χ2v) is 13.4. The molecule has 8 nitrogen and oxygen atoms in total. The van der Waals surface area contributed by atoms with E-state index in [0.717, 1.165) is 89.4 Å². The predicted molar refractivity (Wildman–Crippen MR) is 203 cm³/mol. The first-order chi connectivity index (χ1) is 25.4. The molecule has 0 atom stereocenters. The molecule has 0 amide bonds. The van der Waals surface area contributed by atoms with Crippen molar-refractivity contribution in [1.29, 1.82) is 0 Å². The van der Waals surface area contributed by atoms with E-state index in [2.05, 4.69) is 140 Å². The Labute approximate surface area is 318 Å². The number of fused-ring (bicyclic) bond motifs is 8. The normalized spacial score (nSPS) is 11.8. The molecule has 0 aliphatic carbocycles. The van der Waals surface area contributed by atoms with E-state index in [-0.39, 0.29) is 17.1 Å². The van der Waals surface area contributed by atoms with Gasteiger partial charge in [0.15, 0.2) is 49.6 Å². The number of rotatable bonds is 4. The Balaban J connectivity index is 0.00000400. The van der Waals surface area contributed by atoms with Gasteiger partial charge in [-0.3, -0.25) is 0 Å². The first-order valence-electron chi connectivity index (χ1n) is 17.3. The minimum absolute atomic E-state index is 0. The van der Waals surface area contributed by atoms with Crippen molar-refractivity contribution in [2.24, 2.45) is 28.2 Å². The summed E-state index contributed by atoms with van der Waals surface area (Å²) in [6, 6.07) is 25.1. The predicted octanol–water partition coefficient (Wildman–Crippen LogP) is 5.88. The topological polar surface area (TPSA) is 69.5 Å². The molecular formula is C44H36MnN8+4. The van der Waals surface area contributed by atoms with Crippen LogP contribution in [-0.2, 0) is 45.3 Å². The summed E-state index contributed by atoms with van der Waals surface area (Å²) in [5.74, 6) is 0. The Morgan fingerprint density at radius 1 is 0.377 bits per heavy atom. The van der Waals surface area contributed by atoms with E-state index in [0.29, 0.717) is 0 Å². The molecule has 9 heteroatoms. The largest absolute Gasteiger partial charge is 2.00 e. The first-order valence-corrected chi connectivity index (χ1v) is 17.3. The van der Waals surface area contributed by atoms with Gasteiger partial charge in [0.25, 0.3) is 0 Å². The van der Waals surface area contributed by atoms with Crippen LogP contribution in [0.2, 0.25) is 0 Å². The van der Waals surface area contributed by atoms with E-state index in [4.69, 9.17) is 19.9 Å². The molecule has 7 aromatic heterocycles. The average Bonchev–Trinajstić information content (AvgIpc) is 3.96. The minimum Gasteiger partial charge on any atom is -0.657 e. The molecule has 0 fully saturated rings. The fourth-order valence-electron chi connectivity index (χ4n) is 7.21. The Morgan fingerprint density at radius 2 is 0.623 bits per heavy atom. The van der Waals surface area contributed by atoms with Crippen LogP contribution < -0.4 is 28.2 Å². The van der Waals surface area contributed by atoms with Gasteiger partial charge in [0.1, 0.15) is 28.2 Å². The van der Waals surface area contributed by atoms with Crippen molar-refractivity contribution in [2.75, 3.05) is 0 Å².